The van der Waals surface area contributed by atoms with Crippen LogP contribution in [0.2, 0.25) is 0 Å². The minimum atomic E-state index is -1.62. The number of aliphatic hydroxyl groups is 1. The second kappa shape index (κ2) is 5.87. The molecular weight excluding hydrogens is 261 g/mol. The molecule has 0 radical (unpaired) electrons. The van der Waals surface area contributed by atoms with E-state index in [0.29, 0.717) is 0 Å². The number of aliphatic hydroxyl groups excluding tert-OH is 1. The number of carbonyl (C=O) groups is 2. The predicted octanol–water partition coefficient (Wildman–Crippen LogP) is -0.690. The molecule has 0 aromatic heterocycles. The molecule has 4 N–H and O–H groups in total. The summed E-state index contributed by atoms with van der Waals surface area (Å²) in [6.45, 7) is -0.518. The molecule has 19 heavy (non-hydrogen) atoms. The van der Waals surface area contributed by atoms with Crippen LogP contribution in [0.25, 0.3) is 0 Å². The number of nitrogens with two attached hydrogens (primary N) is 1. The molecule has 9 heteroatoms. The first-order valence-electron chi connectivity index (χ1n) is 5.02. The molecule has 8 nitrogen and oxygen atoms in total. The number of nitrogens with zero attached hydrogens (tertiary/aromatic N) is 1. The zero-order chi connectivity index (χ0) is 14.6. The highest BCUT2D eigenvalue weighted by Crippen LogP contribution is 2.16. The molecule has 0 bridgehead atoms. The van der Waals surface area contributed by atoms with E-state index >= 15 is 0 Å². The van der Waals surface area contributed by atoms with Crippen LogP contribution in [0, 0.1) is 15.9 Å². The molecule has 1 rings (SSSR count). The number of nitrogens with one attached hydrogen (secondary N) is 1. The molecule has 0 aliphatic carbocycles. The number of carbonyl (C=O) groups excluding carboxylic acids is 2. The van der Waals surface area contributed by atoms with Crippen molar-refractivity contribution in [3.8, 4) is 0 Å². The first-order valence-corrected chi connectivity index (χ1v) is 5.02. The predicted molar refractivity (Wildman–Crippen MR) is 60.6 cm³/mol. The van der Waals surface area contributed by atoms with E-state index in [-0.39, 0.29) is 0 Å². The van der Waals surface area contributed by atoms with Crippen molar-refractivity contribution in [3.63, 3.8) is 0 Å². The van der Waals surface area contributed by atoms with Gasteiger partial charge in [0.2, 0.25) is 5.91 Å². The molecule has 0 spiro atoms. The zero-order valence-corrected chi connectivity index (χ0v) is 9.50. The van der Waals surface area contributed by atoms with E-state index in [1.165, 1.54) is 0 Å². The SMILES string of the molecule is NC(=O)C(O)CNC(=O)c1cc([N+](=O)[O-])ccc1F. The first-order chi connectivity index (χ1) is 8.82. The molecule has 2 amide bonds. The van der Waals surface area contributed by atoms with Gasteiger partial charge in [-0.3, -0.25) is 19.7 Å². The average molecular weight is 271 g/mol. The monoisotopic (exact) mass is 271 g/mol. The molecule has 0 saturated heterocycles. The van der Waals surface area contributed by atoms with Gasteiger partial charge in [-0.05, 0) is 6.07 Å². The summed E-state index contributed by atoms with van der Waals surface area (Å²) in [4.78, 5) is 31.8. The fraction of sp³-hybridized carbons (Fsp3) is 0.200. The second-order valence-electron chi connectivity index (χ2n) is 3.55. The van der Waals surface area contributed by atoms with E-state index in [1.54, 1.807) is 0 Å². The number of halogens is 1. The lowest BCUT2D eigenvalue weighted by molar-refractivity contribution is -0.384. The number of hydrogen-bond acceptors (Lipinski definition) is 5. The molecule has 0 aliphatic rings. The van der Waals surface area contributed by atoms with Crippen molar-refractivity contribution in [3.05, 3.63) is 39.7 Å². The molecule has 0 saturated carbocycles. The van der Waals surface area contributed by atoms with E-state index in [9.17, 15) is 24.1 Å². The standard InChI is InChI=1S/C10H10FN3O5/c11-7-2-1-5(14(18)19)3-6(7)10(17)13-4-8(15)9(12)16/h1-3,8,15H,4H2,(H2,12,16)(H,13,17). The van der Waals surface area contributed by atoms with E-state index < -0.39 is 46.5 Å². The van der Waals surface area contributed by atoms with Crippen LogP contribution in [0.1, 0.15) is 10.4 Å². The molecule has 0 aliphatic heterocycles. The Morgan fingerprint density at radius 3 is 2.68 bits per heavy atom. The number of rotatable bonds is 5. The Morgan fingerprint density at radius 2 is 2.16 bits per heavy atom. The van der Waals surface area contributed by atoms with Crippen LogP contribution in [0.4, 0.5) is 10.1 Å². The molecular formula is C10H10FN3O5. The Hall–Kier alpha value is -2.55. The zero-order valence-electron chi connectivity index (χ0n) is 9.50. The Bertz CT molecular complexity index is 534. The van der Waals surface area contributed by atoms with Crippen LogP contribution in [0.5, 0.6) is 0 Å². The fourth-order valence-corrected chi connectivity index (χ4v) is 1.19. The van der Waals surface area contributed by atoms with E-state index in [4.69, 9.17) is 10.8 Å². The van der Waals surface area contributed by atoms with E-state index in [2.05, 4.69) is 0 Å². The highest BCUT2D eigenvalue weighted by molar-refractivity contribution is 5.95. The van der Waals surface area contributed by atoms with Gasteiger partial charge >= 0.3 is 0 Å². The number of nitro groups is 1. The van der Waals surface area contributed by atoms with Crippen molar-refractivity contribution in [2.45, 2.75) is 6.10 Å². The summed E-state index contributed by atoms with van der Waals surface area (Å²) < 4.78 is 13.3. The van der Waals surface area contributed by atoms with Gasteiger partial charge in [0.1, 0.15) is 11.9 Å². The van der Waals surface area contributed by atoms with Crippen LogP contribution in [-0.2, 0) is 4.79 Å². The van der Waals surface area contributed by atoms with Crippen molar-refractivity contribution >= 4 is 17.5 Å². The molecule has 1 atom stereocenters. The Labute approximate surface area is 106 Å². The summed E-state index contributed by atoms with van der Waals surface area (Å²) in [7, 11) is 0. The van der Waals surface area contributed by atoms with Gasteiger partial charge < -0.3 is 16.2 Å². The van der Waals surface area contributed by atoms with Gasteiger partial charge in [0.05, 0.1) is 17.0 Å². The number of non-ortho nitro benzene ring substituents is 1. The molecule has 102 valence electrons. The van der Waals surface area contributed by atoms with Gasteiger partial charge in [0.25, 0.3) is 11.6 Å². The smallest absolute Gasteiger partial charge is 0.270 e. The number of amides is 2. The van der Waals surface area contributed by atoms with Crippen molar-refractivity contribution in [1.82, 2.24) is 5.32 Å². The molecule has 0 fully saturated rings. The number of nitro benzene ring substituents is 1. The van der Waals surface area contributed by atoms with Crippen LogP contribution < -0.4 is 11.1 Å². The summed E-state index contributed by atoms with van der Waals surface area (Å²) >= 11 is 0. The maximum absolute atomic E-state index is 13.3. The summed E-state index contributed by atoms with van der Waals surface area (Å²) in [6.07, 6.45) is -1.62. The van der Waals surface area contributed by atoms with Gasteiger partial charge in [0.15, 0.2) is 0 Å². The Morgan fingerprint density at radius 1 is 1.53 bits per heavy atom. The number of hydrogen-bond donors (Lipinski definition) is 3. The molecule has 1 aromatic rings. The van der Waals surface area contributed by atoms with Crippen LogP contribution >= 0.6 is 0 Å². The van der Waals surface area contributed by atoms with Gasteiger partial charge in [-0.25, -0.2) is 4.39 Å². The summed E-state index contributed by atoms with van der Waals surface area (Å²) in [5, 5.41) is 21.6. The third-order valence-corrected chi connectivity index (χ3v) is 2.19. The normalized spacial score (nSPS) is 11.7. The largest absolute Gasteiger partial charge is 0.381 e. The molecule has 0 heterocycles. The Kier molecular flexibility index (Phi) is 4.48. The minimum Gasteiger partial charge on any atom is -0.381 e. The lowest BCUT2D eigenvalue weighted by Crippen LogP contribution is -2.40. The highest BCUT2D eigenvalue weighted by atomic mass is 19.1. The number of primary amides is 1. The van der Waals surface area contributed by atoms with E-state index in [1.807, 2.05) is 5.32 Å². The average Bonchev–Trinajstić information content (AvgIpc) is 2.35. The van der Waals surface area contributed by atoms with Crippen LogP contribution in [-0.4, -0.2) is 34.5 Å². The first kappa shape index (κ1) is 14.5. The van der Waals surface area contributed by atoms with Crippen LogP contribution in [0.3, 0.4) is 0 Å². The molecule has 1 unspecified atom stereocenters. The quantitative estimate of drug-likeness (QED) is 0.481. The van der Waals surface area contributed by atoms with Crippen molar-refractivity contribution in [1.29, 1.82) is 0 Å². The van der Waals surface area contributed by atoms with E-state index in [0.717, 1.165) is 18.2 Å². The third-order valence-electron chi connectivity index (χ3n) is 2.19. The lowest BCUT2D eigenvalue weighted by Gasteiger charge is -2.08. The topological polar surface area (TPSA) is 136 Å². The minimum absolute atomic E-state index is 0.456. The highest BCUT2D eigenvalue weighted by Gasteiger charge is 2.18. The molecule has 1 aromatic carbocycles. The van der Waals surface area contributed by atoms with Gasteiger partial charge in [-0.2, -0.15) is 0 Å². The van der Waals surface area contributed by atoms with Gasteiger partial charge in [0, 0.05) is 12.1 Å². The number of benzene rings is 1. The van der Waals surface area contributed by atoms with Gasteiger partial charge in [-0.1, -0.05) is 0 Å². The summed E-state index contributed by atoms with van der Waals surface area (Å²) in [5.41, 5.74) is 3.73. The van der Waals surface area contributed by atoms with Crippen LogP contribution in [0.15, 0.2) is 18.2 Å². The van der Waals surface area contributed by atoms with Crippen molar-refractivity contribution < 1.29 is 24.0 Å². The fourth-order valence-electron chi connectivity index (χ4n) is 1.19. The van der Waals surface area contributed by atoms with Crippen molar-refractivity contribution in [2.24, 2.45) is 5.73 Å². The Balaban J connectivity index is 2.84. The second-order valence-corrected chi connectivity index (χ2v) is 3.55. The summed E-state index contributed by atoms with van der Waals surface area (Å²) in [6, 6.07) is 2.43. The third kappa shape index (κ3) is 3.71. The van der Waals surface area contributed by atoms with Crippen molar-refractivity contribution in [2.75, 3.05) is 6.54 Å². The van der Waals surface area contributed by atoms with Gasteiger partial charge in [-0.15, -0.1) is 0 Å². The summed E-state index contributed by atoms with van der Waals surface area (Å²) in [5.74, 6) is -3.02. The maximum atomic E-state index is 13.3. The lowest BCUT2D eigenvalue weighted by atomic mass is 10.1. The maximum Gasteiger partial charge on any atom is 0.270 e.